The van der Waals surface area contributed by atoms with E-state index in [1.165, 1.54) is 12.1 Å². The van der Waals surface area contributed by atoms with Gasteiger partial charge in [-0.15, -0.1) is 0 Å². The van der Waals surface area contributed by atoms with Gasteiger partial charge in [0.15, 0.2) is 11.7 Å². The highest BCUT2D eigenvalue weighted by Gasteiger charge is 2.31. The molecule has 2 aromatic rings. The topological polar surface area (TPSA) is 243 Å². The highest BCUT2D eigenvalue weighted by Crippen LogP contribution is 2.26. The molecule has 12 heteroatoms. The smallest absolute Gasteiger partial charge is 0.224 e. The van der Waals surface area contributed by atoms with Crippen molar-refractivity contribution in [3.05, 3.63) is 64.7 Å². The number of phenols is 1. The van der Waals surface area contributed by atoms with Gasteiger partial charge < -0.3 is 39.1 Å². The van der Waals surface area contributed by atoms with Gasteiger partial charge in [0.25, 0.3) is 0 Å². The van der Waals surface area contributed by atoms with Crippen molar-refractivity contribution in [3.63, 3.8) is 0 Å². The predicted octanol–water partition coefficient (Wildman–Crippen LogP) is 1.43. The SMILES string of the molecule is [2H]C([2H])(CN)C([2H])([2H])C[C@H](NC(=O)[C@@H](CC(=O)[C@H](N)CCCN=C(N)N)Cc1c(C)cc(O)cc1C)C(=O)C[C@@]([2H])(Cc1ccccc1)C(N)=O. The number of carbonyl (C=O) groups excluding carboxylic acids is 4. The fraction of sp³-hybridized carbons (Fsp3) is 0.500. The van der Waals surface area contributed by atoms with Crippen LogP contribution >= 0.6 is 0 Å². The molecule has 12 N–H and O–H groups in total. The van der Waals surface area contributed by atoms with Crippen LogP contribution in [0.3, 0.4) is 0 Å². The summed E-state index contributed by atoms with van der Waals surface area (Å²) in [5.74, 6) is -6.85. The van der Waals surface area contributed by atoms with Crippen LogP contribution in [-0.2, 0) is 32.0 Å². The molecule has 0 bridgehead atoms. The van der Waals surface area contributed by atoms with Crippen molar-refractivity contribution in [2.75, 3.05) is 13.1 Å². The van der Waals surface area contributed by atoms with E-state index in [9.17, 15) is 24.3 Å². The third-order valence-electron chi connectivity index (χ3n) is 7.57. The average molecular weight is 643 g/mol. The number of phenolic OH excluding ortho intramolecular Hbond substituents is 1. The molecule has 2 amide bonds. The Labute approximate surface area is 278 Å². The average Bonchev–Trinajstić information content (AvgIpc) is 3.03. The Bertz CT molecular complexity index is 1550. The number of Topliss-reactive ketones (excluding diaryl/α,β-unsaturated/α-hetero) is 2. The molecule has 46 heavy (non-hydrogen) atoms. The lowest BCUT2D eigenvalue weighted by molar-refractivity contribution is -0.133. The van der Waals surface area contributed by atoms with E-state index in [4.69, 9.17) is 35.5 Å². The maximum Gasteiger partial charge on any atom is 0.224 e. The van der Waals surface area contributed by atoms with E-state index >= 15 is 0 Å². The van der Waals surface area contributed by atoms with Crippen LogP contribution in [0.5, 0.6) is 5.75 Å². The van der Waals surface area contributed by atoms with Gasteiger partial charge in [-0.25, -0.2) is 0 Å². The second-order valence-corrected chi connectivity index (χ2v) is 11.3. The molecule has 0 aliphatic rings. The quantitative estimate of drug-likeness (QED) is 0.0590. The summed E-state index contributed by atoms with van der Waals surface area (Å²) in [5.41, 5.74) is 30.4. The van der Waals surface area contributed by atoms with E-state index < -0.39 is 79.4 Å². The summed E-state index contributed by atoms with van der Waals surface area (Å²) < 4.78 is 42.1. The van der Waals surface area contributed by atoms with Crippen LogP contribution in [0.2, 0.25) is 0 Å². The number of amides is 2. The van der Waals surface area contributed by atoms with Gasteiger partial charge in [-0.3, -0.25) is 24.2 Å². The molecular weight excluding hydrogens is 586 g/mol. The van der Waals surface area contributed by atoms with Gasteiger partial charge in [0.05, 0.1) is 12.1 Å². The molecule has 2 aromatic carbocycles. The fourth-order valence-corrected chi connectivity index (χ4v) is 5.06. The number of hydrogen-bond acceptors (Lipinski definition) is 8. The zero-order valence-corrected chi connectivity index (χ0v) is 26.6. The van der Waals surface area contributed by atoms with Crippen molar-refractivity contribution >= 4 is 29.3 Å². The molecular formula is C34H51N7O5. The predicted molar refractivity (Wildman–Crippen MR) is 180 cm³/mol. The van der Waals surface area contributed by atoms with E-state index in [0.29, 0.717) is 28.7 Å². The zero-order chi connectivity index (χ0) is 38.7. The zero-order valence-electron chi connectivity index (χ0n) is 31.6. The Morgan fingerprint density at radius 2 is 1.61 bits per heavy atom. The number of benzene rings is 2. The first-order valence-electron chi connectivity index (χ1n) is 17.6. The molecule has 0 unspecified atom stereocenters. The maximum absolute atomic E-state index is 14.1. The Hall–Kier alpha value is -4.29. The molecule has 0 saturated heterocycles. The summed E-state index contributed by atoms with van der Waals surface area (Å²) in [5, 5.41) is 12.6. The molecule has 12 nitrogen and oxygen atoms in total. The van der Waals surface area contributed by atoms with Crippen LogP contribution in [-0.4, -0.2) is 59.6 Å². The van der Waals surface area contributed by atoms with Gasteiger partial charge in [0.1, 0.15) is 11.5 Å². The molecule has 0 aliphatic carbocycles. The van der Waals surface area contributed by atoms with Crippen molar-refractivity contribution in [3.8, 4) is 5.75 Å². The number of hydrogen-bond donors (Lipinski definition) is 7. The van der Waals surface area contributed by atoms with Gasteiger partial charge in [0.2, 0.25) is 11.8 Å². The monoisotopic (exact) mass is 642 g/mol. The van der Waals surface area contributed by atoms with Crippen LogP contribution < -0.4 is 34.0 Å². The van der Waals surface area contributed by atoms with E-state index in [1.807, 2.05) is 0 Å². The number of guanidine groups is 1. The Balaban J connectivity index is 2.51. The molecule has 2 rings (SSSR count). The molecule has 0 aliphatic heterocycles. The fourth-order valence-electron chi connectivity index (χ4n) is 5.06. The summed E-state index contributed by atoms with van der Waals surface area (Å²) in [7, 11) is 0. The third-order valence-corrected chi connectivity index (χ3v) is 7.57. The first kappa shape index (κ1) is 30.4. The number of ketones is 2. The summed E-state index contributed by atoms with van der Waals surface area (Å²) in [4.78, 5) is 57.8. The van der Waals surface area contributed by atoms with Crippen molar-refractivity contribution in [2.24, 2.45) is 45.5 Å². The van der Waals surface area contributed by atoms with Crippen LogP contribution in [0.25, 0.3) is 0 Å². The summed E-state index contributed by atoms with van der Waals surface area (Å²) in [6.07, 6.45) is -7.22. The lowest BCUT2D eigenvalue weighted by Crippen LogP contribution is -2.46. The van der Waals surface area contributed by atoms with Gasteiger partial charge in [-0.05, 0) is 99.6 Å². The number of carbonyl (C=O) groups is 4. The van der Waals surface area contributed by atoms with Gasteiger partial charge >= 0.3 is 0 Å². The summed E-state index contributed by atoms with van der Waals surface area (Å²) in [6, 6.07) is 8.63. The number of rotatable bonds is 21. The van der Waals surface area contributed by atoms with Crippen molar-refractivity contribution in [1.29, 1.82) is 0 Å². The van der Waals surface area contributed by atoms with Crippen LogP contribution in [0, 0.1) is 25.7 Å². The Morgan fingerprint density at radius 3 is 2.20 bits per heavy atom. The number of primary amides is 1. The largest absolute Gasteiger partial charge is 0.508 e. The van der Waals surface area contributed by atoms with Gasteiger partial charge in [0, 0.05) is 38.1 Å². The molecule has 0 radical (unpaired) electrons. The van der Waals surface area contributed by atoms with Gasteiger partial charge in [-0.1, -0.05) is 30.3 Å². The molecule has 4 atom stereocenters. The minimum Gasteiger partial charge on any atom is -0.508 e. The number of nitrogens with two attached hydrogens (primary N) is 5. The number of aliphatic imine (C=N–C) groups is 1. The minimum absolute atomic E-state index is 0.000441. The van der Waals surface area contributed by atoms with Crippen molar-refractivity contribution < 1.29 is 31.1 Å². The molecule has 0 fully saturated rings. The third kappa shape index (κ3) is 13.0. The summed E-state index contributed by atoms with van der Waals surface area (Å²) in [6.45, 7) is 2.92. The van der Waals surface area contributed by atoms with Crippen LogP contribution in [0.15, 0.2) is 47.5 Å². The minimum atomic E-state index is -2.76. The number of aryl methyl sites for hydroxylation is 2. The Morgan fingerprint density at radius 1 is 0.957 bits per heavy atom. The first-order chi connectivity index (χ1) is 23.6. The number of aromatic hydroxyl groups is 1. The Kier molecular flexibility index (Phi) is 12.7. The second kappa shape index (κ2) is 19.3. The lowest BCUT2D eigenvalue weighted by Gasteiger charge is -2.25. The molecule has 252 valence electrons. The van der Waals surface area contributed by atoms with E-state index in [2.05, 4.69) is 10.3 Å². The second-order valence-electron chi connectivity index (χ2n) is 11.3. The van der Waals surface area contributed by atoms with E-state index in [0.717, 1.165) is 0 Å². The van der Waals surface area contributed by atoms with Crippen molar-refractivity contribution in [2.45, 2.75) is 83.6 Å². The maximum atomic E-state index is 14.1. The highest BCUT2D eigenvalue weighted by atomic mass is 16.3. The molecule has 0 saturated carbocycles. The number of nitrogens with one attached hydrogen (secondary N) is 1. The standard InChI is InChI=1S/C34H51N7O5/c1-21-15-26(42)16-22(2)27(21)18-25(20-30(43)28(36)11-8-14-40-34(38)39)33(46)41-29(12-6-7-13-35)31(44)19-24(32(37)45)17-23-9-4-3-5-10-23/h3-5,9-10,15-16,24-25,28-29,42H,6-8,11-14,17-20,35-36H2,1-2H3,(H2,37,45)(H,41,46)(H4,38,39,40)/t24-,25-,28-,29+/m1/s1/i6D2,7D2,24D. The number of nitrogens with zero attached hydrogens (tertiary/aromatic N) is 1. The van der Waals surface area contributed by atoms with Gasteiger partial charge in [-0.2, -0.15) is 0 Å². The normalized spacial score (nSPS) is 16.6. The molecule has 0 spiro atoms. The van der Waals surface area contributed by atoms with Crippen LogP contribution in [0.4, 0.5) is 0 Å². The van der Waals surface area contributed by atoms with E-state index in [1.54, 1.807) is 44.2 Å². The molecule has 0 heterocycles. The highest BCUT2D eigenvalue weighted by molar-refractivity contribution is 5.94. The molecule has 0 aromatic heterocycles. The first-order valence-corrected chi connectivity index (χ1v) is 15.1. The van der Waals surface area contributed by atoms with E-state index in [-0.39, 0.29) is 43.9 Å². The van der Waals surface area contributed by atoms with Crippen LogP contribution in [0.1, 0.15) is 74.0 Å². The lowest BCUT2D eigenvalue weighted by atomic mass is 9.86. The van der Waals surface area contributed by atoms with Crippen molar-refractivity contribution in [1.82, 2.24) is 5.32 Å². The summed E-state index contributed by atoms with van der Waals surface area (Å²) >= 11 is 0.